The zero-order valence-corrected chi connectivity index (χ0v) is 2.76. The standard InChI is InChI=1S/C2H6NO2/c1-2-3(4)5/h4-5H,1-2H2. The molecule has 0 aliphatic carbocycles. The van der Waals surface area contributed by atoms with Crippen molar-refractivity contribution < 1.29 is 10.4 Å². The van der Waals surface area contributed by atoms with Crippen molar-refractivity contribution in [1.82, 2.24) is 5.23 Å². The van der Waals surface area contributed by atoms with E-state index in [9.17, 15) is 0 Å². The highest BCUT2D eigenvalue weighted by atomic mass is 16.8. The van der Waals surface area contributed by atoms with Gasteiger partial charge in [0.1, 0.15) is 0 Å². The minimum absolute atomic E-state index is 0. The summed E-state index contributed by atoms with van der Waals surface area (Å²) in [5.74, 6) is 0. The summed E-state index contributed by atoms with van der Waals surface area (Å²) in [6.45, 7) is 3.11. The van der Waals surface area contributed by atoms with Crippen LogP contribution in [0.2, 0.25) is 0 Å². The van der Waals surface area contributed by atoms with Crippen LogP contribution in [0.5, 0.6) is 0 Å². The van der Waals surface area contributed by atoms with Gasteiger partial charge in [0.05, 0.1) is 6.54 Å². The zero-order chi connectivity index (χ0) is 4.28. The van der Waals surface area contributed by atoms with Gasteiger partial charge >= 0.3 is 0 Å². The van der Waals surface area contributed by atoms with Gasteiger partial charge in [0.25, 0.3) is 0 Å². The molecule has 31 valence electrons. The van der Waals surface area contributed by atoms with E-state index in [1.54, 1.807) is 0 Å². The summed E-state index contributed by atoms with van der Waals surface area (Å²) >= 11 is 0. The van der Waals surface area contributed by atoms with E-state index in [0.29, 0.717) is 0 Å². The molecule has 5 heavy (non-hydrogen) atoms. The summed E-state index contributed by atoms with van der Waals surface area (Å²) in [7, 11) is 0. The number of hydrogen-bond acceptors (Lipinski definition) is 3. The Labute approximate surface area is 30.4 Å². The van der Waals surface area contributed by atoms with Crippen LogP contribution >= 0.6 is 0 Å². The van der Waals surface area contributed by atoms with Gasteiger partial charge in [0, 0.05) is 0 Å². The van der Waals surface area contributed by atoms with E-state index >= 15 is 0 Å². The van der Waals surface area contributed by atoms with Crippen LogP contribution in [0.1, 0.15) is 0 Å². The largest absolute Gasteiger partial charge is 0.290 e. The van der Waals surface area contributed by atoms with Crippen molar-refractivity contribution in [2.75, 3.05) is 6.54 Å². The normalized spacial score (nSPS) is 9.60. The average molecular weight is 76.1 g/mol. The maximum absolute atomic E-state index is 7.69. The summed E-state index contributed by atoms with van der Waals surface area (Å²) < 4.78 is 0. The molecule has 0 aromatic rings. The highest BCUT2D eigenvalue weighted by molar-refractivity contribution is 4.27. The third-order valence-corrected chi connectivity index (χ3v) is 0.200. The molecule has 3 nitrogen and oxygen atoms in total. The summed E-state index contributed by atoms with van der Waals surface area (Å²) in [6.07, 6.45) is 0. The quantitative estimate of drug-likeness (QED) is 0.429. The number of rotatable bonds is 1. The molecule has 0 fully saturated rings. The Bertz CT molecular complexity index is 21.6. The topological polar surface area (TPSA) is 43.7 Å². The molecule has 1 radical (unpaired) electrons. The molecule has 2 N–H and O–H groups in total. The van der Waals surface area contributed by atoms with Gasteiger partial charge in [-0.15, -0.1) is 0 Å². The lowest BCUT2D eigenvalue weighted by molar-refractivity contribution is -0.300. The predicted octanol–water partition coefficient (Wildman–Crippen LogP) is -0.0991. The molecular formula is C2H6NO2. The van der Waals surface area contributed by atoms with Crippen molar-refractivity contribution in [1.29, 1.82) is 0 Å². The Hall–Kier alpha value is -0.120. The SMILES string of the molecule is [CH2]CN(O)O. The first-order valence-corrected chi connectivity index (χ1v) is 1.22. The van der Waals surface area contributed by atoms with E-state index in [-0.39, 0.29) is 11.8 Å². The van der Waals surface area contributed by atoms with Gasteiger partial charge in [0.15, 0.2) is 0 Å². The molecule has 0 amide bonds. The fraction of sp³-hybridized carbons (Fsp3) is 0.500. The van der Waals surface area contributed by atoms with E-state index in [1.807, 2.05) is 0 Å². The van der Waals surface area contributed by atoms with E-state index in [4.69, 9.17) is 10.4 Å². The molecule has 0 aromatic heterocycles. The van der Waals surface area contributed by atoms with Crippen molar-refractivity contribution in [3.63, 3.8) is 0 Å². The minimum atomic E-state index is 0. The van der Waals surface area contributed by atoms with E-state index in [1.165, 1.54) is 0 Å². The summed E-state index contributed by atoms with van der Waals surface area (Å²) in [4.78, 5) is 0. The second kappa shape index (κ2) is 2.14. The molecule has 3 heteroatoms. The average Bonchev–Trinajstić information content (AvgIpc) is 1.38. The molecule has 0 saturated carbocycles. The van der Waals surface area contributed by atoms with Gasteiger partial charge in [0.2, 0.25) is 0 Å². The van der Waals surface area contributed by atoms with Crippen molar-refractivity contribution in [2.45, 2.75) is 0 Å². The molecule has 0 rings (SSSR count). The predicted molar refractivity (Wildman–Crippen MR) is 15.6 cm³/mol. The first-order valence-electron chi connectivity index (χ1n) is 1.22. The zero-order valence-electron chi connectivity index (χ0n) is 2.76. The maximum atomic E-state index is 7.69. The highest BCUT2D eigenvalue weighted by Crippen LogP contribution is 1.61. The van der Waals surface area contributed by atoms with Crippen LogP contribution in [0.4, 0.5) is 0 Å². The Morgan fingerprint density at radius 2 is 1.80 bits per heavy atom. The van der Waals surface area contributed by atoms with E-state index in [2.05, 4.69) is 6.92 Å². The second-order valence-electron chi connectivity index (χ2n) is 0.596. The highest BCUT2D eigenvalue weighted by Gasteiger charge is 1.77. The lowest BCUT2D eigenvalue weighted by Gasteiger charge is -1.95. The van der Waals surface area contributed by atoms with Gasteiger partial charge in [-0.25, -0.2) is 0 Å². The Morgan fingerprint density at radius 1 is 1.60 bits per heavy atom. The van der Waals surface area contributed by atoms with Crippen molar-refractivity contribution in [2.24, 2.45) is 0 Å². The molecule has 0 aliphatic heterocycles. The third kappa shape index (κ3) is 3.88. The lowest BCUT2D eigenvalue weighted by atomic mass is 10.8. The maximum Gasteiger partial charge on any atom is 0.0513 e. The fourth-order valence-corrected chi connectivity index (χ4v) is 0. The monoisotopic (exact) mass is 76.0 g/mol. The van der Waals surface area contributed by atoms with E-state index in [0.717, 1.165) is 0 Å². The first kappa shape index (κ1) is 4.88. The van der Waals surface area contributed by atoms with Crippen LogP contribution in [0.15, 0.2) is 0 Å². The van der Waals surface area contributed by atoms with Crippen LogP contribution in [-0.2, 0) is 0 Å². The Kier molecular flexibility index (Phi) is 2.09. The molecule has 0 aliphatic rings. The van der Waals surface area contributed by atoms with Gasteiger partial charge < -0.3 is 0 Å². The van der Waals surface area contributed by atoms with Gasteiger partial charge in [-0.3, -0.25) is 10.4 Å². The van der Waals surface area contributed by atoms with Crippen molar-refractivity contribution >= 4 is 0 Å². The summed E-state index contributed by atoms with van der Waals surface area (Å²) in [5, 5.41) is 15.4. The van der Waals surface area contributed by atoms with Crippen molar-refractivity contribution in [3.8, 4) is 0 Å². The van der Waals surface area contributed by atoms with Crippen LogP contribution in [0.25, 0.3) is 0 Å². The van der Waals surface area contributed by atoms with Crippen LogP contribution in [0, 0.1) is 6.92 Å². The van der Waals surface area contributed by atoms with Crippen LogP contribution in [-0.4, -0.2) is 22.2 Å². The third-order valence-electron chi connectivity index (χ3n) is 0.200. The smallest absolute Gasteiger partial charge is 0.0513 e. The van der Waals surface area contributed by atoms with Crippen LogP contribution in [0.3, 0.4) is 0 Å². The lowest BCUT2D eigenvalue weighted by Crippen LogP contribution is -2.11. The molecule has 0 spiro atoms. The molecule has 0 heterocycles. The van der Waals surface area contributed by atoms with Crippen molar-refractivity contribution in [3.05, 3.63) is 6.92 Å². The number of nitrogens with zero attached hydrogens (tertiary/aromatic N) is 1. The molecule has 0 aromatic carbocycles. The molecule has 0 bridgehead atoms. The van der Waals surface area contributed by atoms with Crippen LogP contribution < -0.4 is 0 Å². The number of hydroxylamine groups is 2. The van der Waals surface area contributed by atoms with Gasteiger partial charge in [-0.1, -0.05) is 5.23 Å². The Morgan fingerprint density at radius 3 is 1.80 bits per heavy atom. The first-order chi connectivity index (χ1) is 2.27. The molecule has 0 saturated heterocycles. The molecule has 0 unspecified atom stereocenters. The molecule has 0 atom stereocenters. The van der Waals surface area contributed by atoms with Gasteiger partial charge in [-0.05, 0) is 6.92 Å². The fourth-order valence-electron chi connectivity index (χ4n) is 0. The van der Waals surface area contributed by atoms with Gasteiger partial charge in [-0.2, -0.15) is 0 Å². The minimum Gasteiger partial charge on any atom is -0.290 e. The summed E-state index contributed by atoms with van der Waals surface area (Å²) in [5.41, 5.74) is 0. The Balaban J connectivity index is 2.54. The second-order valence-corrected chi connectivity index (χ2v) is 0.596. The molecular weight excluding hydrogens is 70.0 g/mol. The summed E-state index contributed by atoms with van der Waals surface area (Å²) in [6, 6.07) is 0. The van der Waals surface area contributed by atoms with E-state index < -0.39 is 0 Å². The number of hydrogen-bond donors (Lipinski definition) is 2.